The molecule has 0 rings (SSSR count). The van der Waals surface area contributed by atoms with Gasteiger partial charge in [-0.25, -0.2) is 0 Å². The van der Waals surface area contributed by atoms with Gasteiger partial charge in [0.05, 0.1) is 6.54 Å². The van der Waals surface area contributed by atoms with Crippen LogP contribution in [0, 0.1) is 0 Å². The molecule has 0 atom stereocenters. The predicted octanol–water partition coefficient (Wildman–Crippen LogP) is 1.75. The third-order valence-corrected chi connectivity index (χ3v) is 2.33. The molecule has 0 heterocycles. The van der Waals surface area contributed by atoms with Crippen molar-refractivity contribution in [3.63, 3.8) is 0 Å². The van der Waals surface area contributed by atoms with E-state index < -0.39 is 15.5 Å². The molecule has 0 aliphatic carbocycles. The van der Waals surface area contributed by atoms with Crippen LogP contribution in [0.3, 0.4) is 0 Å². The minimum absolute atomic E-state index is 0.425. The van der Waals surface area contributed by atoms with Crippen LogP contribution in [0.4, 0.5) is 13.2 Å². The molecule has 0 saturated heterocycles. The highest BCUT2D eigenvalue weighted by molar-refractivity contribution is 7.90. The third kappa shape index (κ3) is 6.56. The molecule has 0 radical (unpaired) electrons. The summed E-state index contributed by atoms with van der Waals surface area (Å²) < 4.78 is 57.7. The first-order valence-electron chi connectivity index (χ1n) is 4.32. The molecule has 0 bridgehead atoms. The fourth-order valence-corrected chi connectivity index (χ4v) is 0.953. The Morgan fingerprint density at radius 1 is 1.24 bits per heavy atom. The van der Waals surface area contributed by atoms with E-state index in [0.29, 0.717) is 12.7 Å². The van der Waals surface area contributed by atoms with E-state index >= 15 is 0 Å². The van der Waals surface area contributed by atoms with Crippen LogP contribution < -0.4 is 4.72 Å². The van der Waals surface area contributed by atoms with Gasteiger partial charge in [-0.15, -0.1) is 6.58 Å². The van der Waals surface area contributed by atoms with Gasteiger partial charge < -0.3 is 0 Å². The van der Waals surface area contributed by atoms with Crippen LogP contribution in [0.15, 0.2) is 42.1 Å². The molecule has 8 heteroatoms. The normalized spacial score (nSPS) is 13.8. The van der Waals surface area contributed by atoms with Crippen molar-refractivity contribution in [3.05, 3.63) is 37.1 Å². The standard InChI is InChI=1S/C9H11F3N2O2S/c1-2-6-13-7-4-3-5-8-14-17(15,16)9(10,11)12/h2-5,7-8,14H,1,6H2/b4-3+,8-5+,13-7?. The molecule has 4 nitrogen and oxygen atoms in total. The Morgan fingerprint density at radius 3 is 2.41 bits per heavy atom. The first-order chi connectivity index (χ1) is 7.81. The van der Waals surface area contributed by atoms with Crippen LogP contribution in [0.2, 0.25) is 0 Å². The van der Waals surface area contributed by atoms with E-state index in [1.807, 2.05) is 0 Å². The van der Waals surface area contributed by atoms with Crippen molar-refractivity contribution >= 4 is 16.2 Å². The van der Waals surface area contributed by atoms with Crippen LogP contribution in [-0.2, 0) is 10.0 Å². The summed E-state index contributed by atoms with van der Waals surface area (Å²) in [6, 6.07) is 0. The summed E-state index contributed by atoms with van der Waals surface area (Å²) in [4.78, 5) is 3.79. The van der Waals surface area contributed by atoms with Crippen molar-refractivity contribution < 1.29 is 21.6 Å². The molecule has 96 valence electrons. The van der Waals surface area contributed by atoms with Crippen LogP contribution in [-0.4, -0.2) is 26.7 Å². The molecular formula is C9H11F3N2O2S. The first-order valence-corrected chi connectivity index (χ1v) is 5.80. The smallest absolute Gasteiger partial charge is 0.289 e. The van der Waals surface area contributed by atoms with E-state index in [2.05, 4.69) is 11.6 Å². The zero-order valence-corrected chi connectivity index (χ0v) is 9.50. The Labute approximate surface area is 97.3 Å². The molecule has 0 saturated carbocycles. The molecule has 0 fully saturated rings. The highest BCUT2D eigenvalue weighted by Gasteiger charge is 2.45. The number of nitrogens with one attached hydrogen (secondary N) is 1. The van der Waals surface area contributed by atoms with Gasteiger partial charge >= 0.3 is 15.5 Å². The van der Waals surface area contributed by atoms with Crippen molar-refractivity contribution in [2.45, 2.75) is 5.51 Å². The minimum Gasteiger partial charge on any atom is -0.289 e. The summed E-state index contributed by atoms with van der Waals surface area (Å²) in [6.07, 6.45) is 7.50. The highest BCUT2D eigenvalue weighted by atomic mass is 32.2. The molecular weight excluding hydrogens is 257 g/mol. The fraction of sp³-hybridized carbons (Fsp3) is 0.222. The second kappa shape index (κ2) is 6.89. The van der Waals surface area contributed by atoms with E-state index in [1.165, 1.54) is 23.1 Å². The first kappa shape index (κ1) is 15.4. The Balaban J connectivity index is 4.18. The maximum atomic E-state index is 11.8. The Hall–Kier alpha value is -1.57. The Morgan fingerprint density at radius 2 is 1.88 bits per heavy atom. The molecule has 0 aromatic heterocycles. The second-order valence-corrected chi connectivity index (χ2v) is 4.32. The minimum atomic E-state index is -5.32. The van der Waals surface area contributed by atoms with Gasteiger partial charge in [0.25, 0.3) is 0 Å². The number of sulfonamides is 1. The number of halogens is 3. The maximum absolute atomic E-state index is 11.8. The van der Waals surface area contributed by atoms with Gasteiger partial charge in [-0.1, -0.05) is 12.2 Å². The number of hydrogen-bond donors (Lipinski definition) is 1. The van der Waals surface area contributed by atoms with Crippen molar-refractivity contribution in [2.75, 3.05) is 6.54 Å². The van der Waals surface area contributed by atoms with E-state index in [0.717, 1.165) is 6.08 Å². The summed E-state index contributed by atoms with van der Waals surface area (Å²) in [6.45, 7) is 3.85. The number of aliphatic imine (C=N–C) groups is 1. The van der Waals surface area contributed by atoms with E-state index in [4.69, 9.17) is 0 Å². The molecule has 1 N–H and O–H groups in total. The van der Waals surface area contributed by atoms with Gasteiger partial charge in [0.15, 0.2) is 0 Å². The topological polar surface area (TPSA) is 58.5 Å². The monoisotopic (exact) mass is 268 g/mol. The van der Waals surface area contributed by atoms with Gasteiger partial charge in [-0.05, 0) is 12.2 Å². The Kier molecular flexibility index (Phi) is 6.26. The number of rotatable bonds is 6. The molecule has 0 aromatic rings. The fourth-order valence-electron chi connectivity index (χ4n) is 0.561. The van der Waals surface area contributed by atoms with Crippen molar-refractivity contribution in [1.29, 1.82) is 0 Å². The molecule has 0 amide bonds. The van der Waals surface area contributed by atoms with Crippen molar-refractivity contribution in [2.24, 2.45) is 4.99 Å². The lowest BCUT2D eigenvalue weighted by atomic mass is 10.5. The lowest BCUT2D eigenvalue weighted by Gasteiger charge is -2.05. The zero-order chi connectivity index (χ0) is 13.4. The Bertz CT molecular complexity index is 422. The molecule has 0 aromatic carbocycles. The number of alkyl halides is 3. The largest absolute Gasteiger partial charge is 0.516 e. The lowest BCUT2D eigenvalue weighted by molar-refractivity contribution is -0.0443. The summed E-state index contributed by atoms with van der Waals surface area (Å²) in [5, 5.41) is 0. The van der Waals surface area contributed by atoms with E-state index in [9.17, 15) is 21.6 Å². The van der Waals surface area contributed by atoms with Gasteiger partial charge in [0.1, 0.15) is 0 Å². The van der Waals surface area contributed by atoms with Gasteiger partial charge in [0.2, 0.25) is 0 Å². The molecule has 0 aliphatic rings. The van der Waals surface area contributed by atoms with Crippen molar-refractivity contribution in [1.82, 2.24) is 4.72 Å². The summed E-state index contributed by atoms with van der Waals surface area (Å²) in [5.74, 6) is 0. The van der Waals surface area contributed by atoms with E-state index in [-0.39, 0.29) is 0 Å². The van der Waals surface area contributed by atoms with Gasteiger partial charge in [-0.2, -0.15) is 21.6 Å². The number of allylic oxidation sites excluding steroid dienone is 3. The maximum Gasteiger partial charge on any atom is 0.516 e. The SMILES string of the molecule is C=CCN=C/C=C/C=C/NS(=O)(=O)C(F)(F)F. The predicted molar refractivity (Wildman–Crippen MR) is 59.9 cm³/mol. The lowest BCUT2D eigenvalue weighted by Crippen LogP contribution is -2.33. The van der Waals surface area contributed by atoms with Gasteiger partial charge in [-0.3, -0.25) is 9.71 Å². The summed E-state index contributed by atoms with van der Waals surface area (Å²) >= 11 is 0. The van der Waals surface area contributed by atoms with Crippen LogP contribution in [0.25, 0.3) is 0 Å². The zero-order valence-electron chi connectivity index (χ0n) is 8.68. The van der Waals surface area contributed by atoms with Crippen LogP contribution in [0.5, 0.6) is 0 Å². The van der Waals surface area contributed by atoms with Gasteiger partial charge in [0, 0.05) is 12.4 Å². The third-order valence-electron chi connectivity index (χ3n) is 1.27. The summed E-state index contributed by atoms with van der Waals surface area (Å²) in [7, 11) is -5.32. The second-order valence-electron chi connectivity index (χ2n) is 2.61. The van der Waals surface area contributed by atoms with Crippen LogP contribution >= 0.6 is 0 Å². The molecule has 0 spiro atoms. The number of hydrogen-bond acceptors (Lipinski definition) is 3. The average molecular weight is 268 g/mol. The molecule has 17 heavy (non-hydrogen) atoms. The number of nitrogens with zero attached hydrogens (tertiary/aromatic N) is 1. The van der Waals surface area contributed by atoms with Crippen molar-refractivity contribution in [3.8, 4) is 0 Å². The molecule has 0 aliphatic heterocycles. The average Bonchev–Trinajstić information content (AvgIpc) is 2.20. The van der Waals surface area contributed by atoms with Crippen LogP contribution in [0.1, 0.15) is 0 Å². The molecule has 0 unspecified atom stereocenters. The summed E-state index contributed by atoms with van der Waals surface area (Å²) in [5.41, 5.74) is -5.31. The highest BCUT2D eigenvalue weighted by Crippen LogP contribution is 2.21. The van der Waals surface area contributed by atoms with E-state index in [1.54, 1.807) is 6.08 Å². The quantitative estimate of drug-likeness (QED) is 0.453.